The van der Waals surface area contributed by atoms with Gasteiger partial charge in [0, 0.05) is 24.3 Å². The van der Waals surface area contributed by atoms with E-state index in [-0.39, 0.29) is 22.1 Å². The number of benzene rings is 2. The fourth-order valence-corrected chi connectivity index (χ4v) is 4.70. The first-order valence-electron chi connectivity index (χ1n) is 9.95. The zero-order valence-electron chi connectivity index (χ0n) is 17.6. The SMILES string of the molecule is CCCCc1ccc(NC(=O)c2ccc(OC)c(S(=O)(=O)N(CC)CC)c2)cc1. The highest BCUT2D eigenvalue weighted by molar-refractivity contribution is 7.89. The smallest absolute Gasteiger partial charge is 0.255 e. The van der Waals surface area contributed by atoms with Crippen molar-refractivity contribution in [2.45, 2.75) is 44.9 Å². The molecule has 0 saturated carbocycles. The molecule has 0 heterocycles. The van der Waals surface area contributed by atoms with Gasteiger partial charge in [-0.15, -0.1) is 0 Å². The van der Waals surface area contributed by atoms with Crippen molar-refractivity contribution in [3.63, 3.8) is 0 Å². The molecule has 0 atom stereocenters. The van der Waals surface area contributed by atoms with E-state index in [2.05, 4.69) is 12.2 Å². The van der Waals surface area contributed by atoms with Crippen molar-refractivity contribution >= 4 is 21.6 Å². The highest BCUT2D eigenvalue weighted by Gasteiger charge is 2.26. The third-order valence-corrected chi connectivity index (χ3v) is 6.85. The van der Waals surface area contributed by atoms with Crippen molar-refractivity contribution in [2.75, 3.05) is 25.5 Å². The minimum absolute atomic E-state index is 0.00809. The number of amides is 1. The molecular formula is C22H30N2O4S. The van der Waals surface area contributed by atoms with Crippen LogP contribution < -0.4 is 10.1 Å². The van der Waals surface area contributed by atoms with E-state index in [4.69, 9.17) is 4.74 Å². The van der Waals surface area contributed by atoms with Crippen molar-refractivity contribution in [1.29, 1.82) is 0 Å². The summed E-state index contributed by atoms with van der Waals surface area (Å²) in [6.07, 6.45) is 3.27. The lowest BCUT2D eigenvalue weighted by molar-refractivity contribution is 0.102. The number of rotatable bonds is 10. The minimum atomic E-state index is -3.76. The highest BCUT2D eigenvalue weighted by Crippen LogP contribution is 2.28. The van der Waals surface area contributed by atoms with E-state index >= 15 is 0 Å². The van der Waals surface area contributed by atoms with Crippen LogP contribution in [0.25, 0.3) is 0 Å². The van der Waals surface area contributed by atoms with Crippen molar-refractivity contribution in [3.05, 3.63) is 53.6 Å². The molecule has 0 aliphatic carbocycles. The van der Waals surface area contributed by atoms with Crippen molar-refractivity contribution in [1.82, 2.24) is 4.31 Å². The molecule has 2 aromatic carbocycles. The molecule has 0 aliphatic rings. The molecule has 0 aliphatic heterocycles. The largest absolute Gasteiger partial charge is 0.495 e. The van der Waals surface area contributed by atoms with E-state index in [1.807, 2.05) is 24.3 Å². The first kappa shape index (κ1) is 22.9. The molecule has 6 nitrogen and oxygen atoms in total. The maximum absolute atomic E-state index is 12.9. The number of carbonyl (C=O) groups is 1. The molecule has 0 bridgehead atoms. The zero-order valence-corrected chi connectivity index (χ0v) is 18.4. The third kappa shape index (κ3) is 5.58. The second-order valence-corrected chi connectivity index (χ2v) is 8.62. The van der Waals surface area contributed by atoms with Gasteiger partial charge >= 0.3 is 0 Å². The Bertz CT molecular complexity index is 920. The van der Waals surface area contributed by atoms with Crippen LogP contribution in [0, 0.1) is 0 Å². The Balaban J connectivity index is 2.27. The number of hydrogen-bond acceptors (Lipinski definition) is 4. The maximum atomic E-state index is 12.9. The molecule has 1 N–H and O–H groups in total. The summed E-state index contributed by atoms with van der Waals surface area (Å²) in [5.41, 5.74) is 2.15. The molecule has 2 rings (SSSR count). The predicted molar refractivity (Wildman–Crippen MR) is 116 cm³/mol. The Morgan fingerprint density at radius 1 is 1.03 bits per heavy atom. The second-order valence-electron chi connectivity index (χ2n) is 6.71. The molecule has 0 aromatic heterocycles. The number of nitrogens with zero attached hydrogens (tertiary/aromatic N) is 1. The number of unbranched alkanes of at least 4 members (excludes halogenated alkanes) is 1. The fraction of sp³-hybridized carbons (Fsp3) is 0.409. The summed E-state index contributed by atoms with van der Waals surface area (Å²) in [7, 11) is -2.35. The van der Waals surface area contributed by atoms with Gasteiger partial charge in [0.15, 0.2) is 0 Å². The molecular weight excluding hydrogens is 388 g/mol. The molecule has 1 amide bonds. The average Bonchev–Trinajstić information content (AvgIpc) is 2.73. The number of ether oxygens (including phenoxy) is 1. The second kappa shape index (κ2) is 10.4. The standard InChI is InChI=1S/C22H30N2O4S/c1-5-8-9-17-10-13-19(14-11-17)23-22(25)18-12-15-20(28-4)21(16-18)29(26,27)24(6-2)7-3/h10-16H,5-9H2,1-4H3,(H,23,25). The number of hydrogen-bond donors (Lipinski definition) is 1. The molecule has 0 fully saturated rings. The Hall–Kier alpha value is -2.38. The first-order chi connectivity index (χ1) is 13.9. The van der Waals surface area contributed by atoms with Crippen molar-refractivity contribution in [3.8, 4) is 5.75 Å². The van der Waals surface area contributed by atoms with Crippen molar-refractivity contribution < 1.29 is 17.9 Å². The van der Waals surface area contributed by atoms with Crippen LogP contribution in [-0.4, -0.2) is 38.8 Å². The van der Waals surface area contributed by atoms with Gasteiger partial charge in [-0.05, 0) is 48.7 Å². The van der Waals surface area contributed by atoms with Crippen molar-refractivity contribution in [2.24, 2.45) is 0 Å². The topological polar surface area (TPSA) is 75.7 Å². The van der Waals surface area contributed by atoms with Crippen LogP contribution in [0.2, 0.25) is 0 Å². The van der Waals surface area contributed by atoms with E-state index in [9.17, 15) is 13.2 Å². The van der Waals surface area contributed by atoms with Gasteiger partial charge in [-0.1, -0.05) is 39.3 Å². The number of anilines is 1. The van der Waals surface area contributed by atoms with Gasteiger partial charge < -0.3 is 10.1 Å². The van der Waals surface area contributed by atoms with E-state index in [0.29, 0.717) is 18.8 Å². The Morgan fingerprint density at radius 3 is 2.24 bits per heavy atom. The summed E-state index contributed by atoms with van der Waals surface area (Å²) < 4.78 is 32.5. The molecule has 0 saturated heterocycles. The molecule has 0 unspecified atom stereocenters. The quantitative estimate of drug-likeness (QED) is 0.623. The van der Waals surface area contributed by atoms with E-state index in [1.54, 1.807) is 19.9 Å². The fourth-order valence-electron chi connectivity index (χ4n) is 3.06. The van der Waals surface area contributed by atoms with Crippen LogP contribution in [0.4, 0.5) is 5.69 Å². The summed E-state index contributed by atoms with van der Waals surface area (Å²) in [5.74, 6) is -0.154. The number of sulfonamides is 1. The zero-order chi connectivity index (χ0) is 21.4. The number of nitrogens with one attached hydrogen (secondary N) is 1. The molecule has 158 valence electrons. The van der Waals surface area contributed by atoms with Gasteiger partial charge in [0.1, 0.15) is 10.6 Å². The number of carbonyl (C=O) groups excluding carboxylic acids is 1. The minimum Gasteiger partial charge on any atom is -0.495 e. The Morgan fingerprint density at radius 2 is 1.69 bits per heavy atom. The summed E-state index contributed by atoms with van der Waals surface area (Å²) >= 11 is 0. The van der Waals surface area contributed by atoms with Crippen LogP contribution in [0.1, 0.15) is 49.5 Å². The summed E-state index contributed by atoms with van der Waals surface area (Å²) in [6, 6.07) is 12.2. The van der Waals surface area contributed by atoms with Crippen LogP contribution in [0.3, 0.4) is 0 Å². The normalized spacial score (nSPS) is 11.5. The van der Waals surface area contributed by atoms with Gasteiger partial charge in [-0.2, -0.15) is 4.31 Å². The van der Waals surface area contributed by atoms with E-state index < -0.39 is 10.0 Å². The lowest BCUT2D eigenvalue weighted by atomic mass is 10.1. The first-order valence-corrected chi connectivity index (χ1v) is 11.4. The summed E-state index contributed by atoms with van der Waals surface area (Å²) in [5, 5.41) is 2.83. The average molecular weight is 419 g/mol. The number of methoxy groups -OCH3 is 1. The predicted octanol–water partition coefficient (Wildman–Crippen LogP) is 4.32. The number of aryl methyl sites for hydroxylation is 1. The monoisotopic (exact) mass is 418 g/mol. The van der Waals surface area contributed by atoms with Gasteiger partial charge in [0.05, 0.1) is 7.11 Å². The van der Waals surface area contributed by atoms with E-state index in [0.717, 1.165) is 19.3 Å². The lowest BCUT2D eigenvalue weighted by Gasteiger charge is -2.20. The molecule has 7 heteroatoms. The third-order valence-electron chi connectivity index (χ3n) is 4.78. The van der Waals surface area contributed by atoms with Gasteiger partial charge in [0.25, 0.3) is 5.91 Å². The Labute approximate surface area is 173 Å². The lowest BCUT2D eigenvalue weighted by Crippen LogP contribution is -2.31. The molecule has 2 aromatic rings. The van der Waals surface area contributed by atoms with Crippen LogP contribution in [-0.2, 0) is 16.4 Å². The summed E-state index contributed by atoms with van der Waals surface area (Å²) in [6.45, 7) is 6.37. The maximum Gasteiger partial charge on any atom is 0.255 e. The Kier molecular flexibility index (Phi) is 8.22. The molecule has 0 radical (unpaired) electrons. The van der Waals surface area contributed by atoms with Crippen LogP contribution in [0.15, 0.2) is 47.4 Å². The van der Waals surface area contributed by atoms with Crippen LogP contribution in [0.5, 0.6) is 5.75 Å². The van der Waals surface area contributed by atoms with Gasteiger partial charge in [0.2, 0.25) is 10.0 Å². The summed E-state index contributed by atoms with van der Waals surface area (Å²) in [4.78, 5) is 12.7. The highest BCUT2D eigenvalue weighted by atomic mass is 32.2. The molecule has 29 heavy (non-hydrogen) atoms. The van der Waals surface area contributed by atoms with Gasteiger partial charge in [-0.3, -0.25) is 4.79 Å². The van der Waals surface area contributed by atoms with E-state index in [1.165, 1.54) is 29.1 Å². The molecule has 0 spiro atoms. The van der Waals surface area contributed by atoms with Gasteiger partial charge in [-0.25, -0.2) is 8.42 Å². The van der Waals surface area contributed by atoms with Crippen LogP contribution >= 0.6 is 0 Å².